The number of nitrogens with one attached hydrogen (secondary N) is 2. The Morgan fingerprint density at radius 2 is 1.82 bits per heavy atom. The minimum Gasteiger partial charge on any atom is -0.381 e. The Balaban J connectivity index is 1.87. The number of halogens is 1. The Kier molecular flexibility index (Phi) is 5.98. The van der Waals surface area contributed by atoms with Crippen molar-refractivity contribution < 1.29 is 4.79 Å². The molecule has 2 aromatic carbocycles. The van der Waals surface area contributed by atoms with Gasteiger partial charge >= 0.3 is 0 Å². The molecule has 0 radical (unpaired) electrons. The molecule has 0 fully saturated rings. The minimum absolute atomic E-state index is 0.326. The van der Waals surface area contributed by atoms with Crippen LogP contribution in [0.5, 0.6) is 0 Å². The summed E-state index contributed by atoms with van der Waals surface area (Å²) in [7, 11) is 0. The maximum absolute atomic E-state index is 11.0. The fourth-order valence-electron chi connectivity index (χ4n) is 1.95. The van der Waals surface area contributed by atoms with Crippen LogP contribution in [0.2, 0.25) is 0 Å². The average molecular weight is 362 g/mol. The molecule has 5 heteroatoms. The van der Waals surface area contributed by atoms with E-state index in [0.717, 1.165) is 22.3 Å². The Morgan fingerprint density at radius 3 is 2.45 bits per heavy atom. The standard InChI is InChI=1S/C17H20BrN3O/c1-12(17(19)22)20-10-13-6-8-15(9-7-13)21-11-14-4-2-3-5-16(14)18/h2-9,12,20-21H,10-11H2,1H3,(H2,19,22). The molecule has 0 saturated heterocycles. The van der Waals surface area contributed by atoms with E-state index in [1.54, 1.807) is 6.92 Å². The summed E-state index contributed by atoms with van der Waals surface area (Å²) in [5, 5.41) is 6.47. The summed E-state index contributed by atoms with van der Waals surface area (Å²) in [5.41, 5.74) is 8.60. The highest BCUT2D eigenvalue weighted by molar-refractivity contribution is 9.10. The molecular formula is C17H20BrN3O. The highest BCUT2D eigenvalue weighted by Gasteiger charge is 2.06. The molecule has 2 aromatic rings. The molecule has 1 unspecified atom stereocenters. The Labute approximate surface area is 139 Å². The second-order valence-electron chi connectivity index (χ2n) is 5.15. The summed E-state index contributed by atoms with van der Waals surface area (Å²) in [6.45, 7) is 3.14. The average Bonchev–Trinajstić information content (AvgIpc) is 2.52. The molecule has 1 atom stereocenters. The number of nitrogens with two attached hydrogens (primary N) is 1. The van der Waals surface area contributed by atoms with Gasteiger partial charge < -0.3 is 16.4 Å². The van der Waals surface area contributed by atoms with Gasteiger partial charge in [0.2, 0.25) is 5.91 Å². The number of hydrogen-bond acceptors (Lipinski definition) is 3. The summed E-state index contributed by atoms with van der Waals surface area (Å²) in [6, 6.07) is 15.9. The Bertz CT molecular complexity index is 628. The van der Waals surface area contributed by atoms with Gasteiger partial charge in [-0.3, -0.25) is 4.79 Å². The van der Waals surface area contributed by atoms with E-state index < -0.39 is 0 Å². The van der Waals surface area contributed by atoms with Gasteiger partial charge in [-0.25, -0.2) is 0 Å². The zero-order valence-electron chi connectivity index (χ0n) is 12.5. The normalized spacial score (nSPS) is 11.9. The number of primary amides is 1. The highest BCUT2D eigenvalue weighted by atomic mass is 79.9. The second-order valence-corrected chi connectivity index (χ2v) is 6.00. The highest BCUT2D eigenvalue weighted by Crippen LogP contribution is 2.18. The molecular weight excluding hydrogens is 342 g/mol. The van der Waals surface area contributed by atoms with Crippen LogP contribution < -0.4 is 16.4 Å². The van der Waals surface area contributed by atoms with Crippen LogP contribution in [0.4, 0.5) is 5.69 Å². The zero-order valence-corrected chi connectivity index (χ0v) is 14.1. The summed E-state index contributed by atoms with van der Waals surface area (Å²) < 4.78 is 1.10. The fourth-order valence-corrected chi connectivity index (χ4v) is 2.38. The molecule has 4 N–H and O–H groups in total. The van der Waals surface area contributed by atoms with Gasteiger partial charge in [-0.1, -0.05) is 46.3 Å². The van der Waals surface area contributed by atoms with Crippen molar-refractivity contribution in [3.8, 4) is 0 Å². The van der Waals surface area contributed by atoms with E-state index in [1.165, 1.54) is 5.56 Å². The predicted molar refractivity (Wildman–Crippen MR) is 93.4 cm³/mol. The van der Waals surface area contributed by atoms with Crippen molar-refractivity contribution in [2.75, 3.05) is 5.32 Å². The molecule has 0 aromatic heterocycles. The molecule has 0 aliphatic rings. The van der Waals surface area contributed by atoms with Gasteiger partial charge in [-0.2, -0.15) is 0 Å². The van der Waals surface area contributed by atoms with E-state index >= 15 is 0 Å². The molecule has 116 valence electrons. The first-order valence-corrected chi connectivity index (χ1v) is 7.94. The maximum Gasteiger partial charge on any atom is 0.234 e. The third kappa shape index (κ3) is 4.86. The van der Waals surface area contributed by atoms with Crippen molar-refractivity contribution in [3.05, 3.63) is 64.1 Å². The van der Waals surface area contributed by atoms with Crippen LogP contribution in [0, 0.1) is 0 Å². The van der Waals surface area contributed by atoms with Crippen molar-refractivity contribution in [3.63, 3.8) is 0 Å². The van der Waals surface area contributed by atoms with Gasteiger partial charge in [0, 0.05) is 23.2 Å². The van der Waals surface area contributed by atoms with Crippen molar-refractivity contribution in [1.29, 1.82) is 0 Å². The molecule has 1 amide bonds. The van der Waals surface area contributed by atoms with Gasteiger partial charge in [0.1, 0.15) is 0 Å². The Morgan fingerprint density at radius 1 is 1.14 bits per heavy atom. The second kappa shape index (κ2) is 7.96. The summed E-state index contributed by atoms with van der Waals surface area (Å²) in [4.78, 5) is 11.0. The van der Waals surface area contributed by atoms with Gasteiger partial charge in [0.15, 0.2) is 0 Å². The lowest BCUT2D eigenvalue weighted by atomic mass is 10.1. The number of carbonyl (C=O) groups is 1. The van der Waals surface area contributed by atoms with E-state index in [0.29, 0.717) is 6.54 Å². The molecule has 0 bridgehead atoms. The molecule has 4 nitrogen and oxygen atoms in total. The topological polar surface area (TPSA) is 67.2 Å². The third-order valence-corrected chi connectivity index (χ3v) is 4.21. The number of anilines is 1. The lowest BCUT2D eigenvalue weighted by Crippen LogP contribution is -2.38. The van der Waals surface area contributed by atoms with E-state index in [4.69, 9.17) is 5.73 Å². The lowest BCUT2D eigenvalue weighted by Gasteiger charge is -2.11. The van der Waals surface area contributed by atoms with Crippen molar-refractivity contribution in [1.82, 2.24) is 5.32 Å². The van der Waals surface area contributed by atoms with Crippen LogP contribution >= 0.6 is 15.9 Å². The summed E-state index contributed by atoms with van der Waals surface area (Å²) >= 11 is 3.54. The van der Waals surface area contributed by atoms with Crippen molar-refractivity contribution in [2.24, 2.45) is 5.73 Å². The van der Waals surface area contributed by atoms with E-state index in [9.17, 15) is 4.79 Å². The van der Waals surface area contributed by atoms with Crippen LogP contribution in [0.1, 0.15) is 18.1 Å². The first kappa shape index (κ1) is 16.5. The first-order valence-electron chi connectivity index (χ1n) is 7.15. The molecule has 0 heterocycles. The van der Waals surface area contributed by atoms with Crippen molar-refractivity contribution in [2.45, 2.75) is 26.1 Å². The van der Waals surface area contributed by atoms with Crippen LogP contribution in [0.15, 0.2) is 53.0 Å². The summed E-state index contributed by atoms with van der Waals surface area (Å²) in [6.07, 6.45) is 0. The number of hydrogen-bond donors (Lipinski definition) is 3. The quantitative estimate of drug-likeness (QED) is 0.709. The van der Waals surface area contributed by atoms with Crippen LogP contribution in [-0.4, -0.2) is 11.9 Å². The molecule has 2 rings (SSSR count). The number of rotatable bonds is 7. The monoisotopic (exact) mass is 361 g/mol. The maximum atomic E-state index is 11.0. The largest absolute Gasteiger partial charge is 0.381 e. The van der Waals surface area contributed by atoms with Gasteiger partial charge in [-0.15, -0.1) is 0 Å². The van der Waals surface area contributed by atoms with Gasteiger partial charge in [-0.05, 0) is 36.2 Å². The number of carbonyl (C=O) groups excluding carboxylic acids is 1. The SMILES string of the molecule is CC(NCc1ccc(NCc2ccccc2Br)cc1)C(N)=O. The van der Waals surface area contributed by atoms with Gasteiger partial charge in [0.05, 0.1) is 6.04 Å². The molecule has 0 saturated carbocycles. The fraction of sp³-hybridized carbons (Fsp3) is 0.235. The van der Waals surface area contributed by atoms with Crippen LogP contribution in [0.25, 0.3) is 0 Å². The summed E-state index contributed by atoms with van der Waals surface area (Å²) in [5.74, 6) is -0.341. The molecule has 0 spiro atoms. The molecule has 0 aliphatic carbocycles. The molecule has 0 aliphatic heterocycles. The minimum atomic E-state index is -0.341. The zero-order chi connectivity index (χ0) is 15.9. The van der Waals surface area contributed by atoms with Crippen molar-refractivity contribution >= 4 is 27.5 Å². The van der Waals surface area contributed by atoms with E-state index in [1.807, 2.05) is 42.5 Å². The third-order valence-electron chi connectivity index (χ3n) is 3.43. The van der Waals surface area contributed by atoms with Crippen LogP contribution in [0.3, 0.4) is 0 Å². The number of amides is 1. The number of benzene rings is 2. The van der Waals surface area contributed by atoms with E-state index in [-0.39, 0.29) is 11.9 Å². The smallest absolute Gasteiger partial charge is 0.234 e. The Hall–Kier alpha value is -1.85. The van der Waals surface area contributed by atoms with Gasteiger partial charge in [0.25, 0.3) is 0 Å². The van der Waals surface area contributed by atoms with Crippen LogP contribution in [-0.2, 0) is 17.9 Å². The lowest BCUT2D eigenvalue weighted by molar-refractivity contribution is -0.119. The van der Waals surface area contributed by atoms with E-state index in [2.05, 4.69) is 32.6 Å². The first-order chi connectivity index (χ1) is 10.6. The predicted octanol–water partition coefficient (Wildman–Crippen LogP) is 3.02. The molecule has 22 heavy (non-hydrogen) atoms.